The number of hydrogen-bond donors (Lipinski definition) is 3. The summed E-state index contributed by atoms with van der Waals surface area (Å²) in [5.41, 5.74) is 2.56. The largest absolute Gasteiger partial charge is 0.394 e. The molecule has 0 aliphatic heterocycles. The van der Waals surface area contributed by atoms with Crippen LogP contribution in [0.25, 0.3) is 10.9 Å². The topological polar surface area (TPSA) is 115 Å². The Balaban J connectivity index is 1.83. The average Bonchev–Trinajstić information content (AvgIpc) is 3.04. The molecule has 1 heterocycles. The van der Waals surface area contributed by atoms with E-state index < -0.39 is 4.92 Å². The smallest absolute Gasteiger partial charge is 0.270 e. The molecule has 0 radical (unpaired) electrons. The third-order valence-corrected chi connectivity index (χ3v) is 4.06. The summed E-state index contributed by atoms with van der Waals surface area (Å²) >= 11 is 0. The Bertz CT molecular complexity index is 958. The SMILES string of the molecule is N#Cc1cc([N+](=O)[O-])ccc1N[C@@H](CO)Cc1c[nH]c2ccccc12. The van der Waals surface area contributed by atoms with Crippen LogP contribution < -0.4 is 5.32 Å². The molecule has 7 heteroatoms. The predicted octanol–water partition coefficient (Wildman–Crippen LogP) is 2.96. The monoisotopic (exact) mass is 336 g/mol. The Morgan fingerprint density at radius 1 is 1.32 bits per heavy atom. The molecule has 1 atom stereocenters. The minimum atomic E-state index is -0.542. The molecular weight excluding hydrogens is 320 g/mol. The van der Waals surface area contributed by atoms with E-state index in [0.717, 1.165) is 16.5 Å². The molecule has 0 saturated heterocycles. The second kappa shape index (κ2) is 7.03. The summed E-state index contributed by atoms with van der Waals surface area (Å²) < 4.78 is 0. The summed E-state index contributed by atoms with van der Waals surface area (Å²) in [6.45, 7) is -0.138. The van der Waals surface area contributed by atoms with Gasteiger partial charge in [-0.1, -0.05) is 18.2 Å². The van der Waals surface area contributed by atoms with Gasteiger partial charge in [0.05, 0.1) is 28.8 Å². The van der Waals surface area contributed by atoms with Crippen molar-refractivity contribution in [3.05, 3.63) is 69.9 Å². The summed E-state index contributed by atoms with van der Waals surface area (Å²) in [7, 11) is 0. The first kappa shape index (κ1) is 16.5. The van der Waals surface area contributed by atoms with Gasteiger partial charge in [-0.3, -0.25) is 10.1 Å². The van der Waals surface area contributed by atoms with Crippen LogP contribution in [0.1, 0.15) is 11.1 Å². The lowest BCUT2D eigenvalue weighted by Gasteiger charge is -2.18. The lowest BCUT2D eigenvalue weighted by molar-refractivity contribution is -0.384. The van der Waals surface area contributed by atoms with Crippen LogP contribution in [0.4, 0.5) is 11.4 Å². The van der Waals surface area contributed by atoms with E-state index in [4.69, 9.17) is 0 Å². The van der Waals surface area contributed by atoms with Gasteiger partial charge in [0, 0.05) is 29.2 Å². The van der Waals surface area contributed by atoms with E-state index in [1.165, 1.54) is 18.2 Å². The summed E-state index contributed by atoms with van der Waals surface area (Å²) in [4.78, 5) is 13.5. The van der Waals surface area contributed by atoms with Crippen molar-refractivity contribution >= 4 is 22.3 Å². The molecule has 3 N–H and O–H groups in total. The van der Waals surface area contributed by atoms with E-state index in [1.54, 1.807) is 0 Å². The van der Waals surface area contributed by atoms with Crippen LogP contribution in [0.15, 0.2) is 48.7 Å². The van der Waals surface area contributed by atoms with Crippen LogP contribution in [-0.2, 0) is 6.42 Å². The van der Waals surface area contributed by atoms with E-state index in [1.807, 2.05) is 36.5 Å². The summed E-state index contributed by atoms with van der Waals surface area (Å²) in [5.74, 6) is 0. The van der Waals surface area contributed by atoms with Gasteiger partial charge in [0.2, 0.25) is 0 Å². The molecule has 3 rings (SSSR count). The second-order valence-corrected chi connectivity index (χ2v) is 5.69. The minimum absolute atomic E-state index is 0.138. The predicted molar refractivity (Wildman–Crippen MR) is 94.3 cm³/mol. The highest BCUT2D eigenvalue weighted by Gasteiger charge is 2.16. The molecule has 1 aromatic heterocycles. The normalized spacial score (nSPS) is 11.8. The number of rotatable bonds is 6. The molecule has 0 saturated carbocycles. The maximum atomic E-state index is 10.8. The van der Waals surface area contributed by atoms with Crippen molar-refractivity contribution in [1.82, 2.24) is 4.98 Å². The standard InChI is InChI=1S/C18H16N4O3/c19-9-12-8-15(22(24)25)5-6-17(12)21-14(11-23)7-13-10-20-18-4-2-1-3-16(13)18/h1-6,8,10,14,20-21,23H,7,11H2/t14-/m1/s1. The molecule has 126 valence electrons. The first-order valence-electron chi connectivity index (χ1n) is 7.73. The zero-order chi connectivity index (χ0) is 17.8. The van der Waals surface area contributed by atoms with Gasteiger partial charge < -0.3 is 15.4 Å². The number of nitrogens with one attached hydrogen (secondary N) is 2. The minimum Gasteiger partial charge on any atom is -0.394 e. The zero-order valence-electron chi connectivity index (χ0n) is 13.3. The van der Waals surface area contributed by atoms with Gasteiger partial charge in [0.1, 0.15) is 6.07 Å². The fourth-order valence-electron chi connectivity index (χ4n) is 2.81. The van der Waals surface area contributed by atoms with Crippen LogP contribution in [0.5, 0.6) is 0 Å². The van der Waals surface area contributed by atoms with E-state index in [2.05, 4.69) is 10.3 Å². The van der Waals surface area contributed by atoms with Crippen molar-refractivity contribution in [2.45, 2.75) is 12.5 Å². The first-order valence-corrected chi connectivity index (χ1v) is 7.73. The van der Waals surface area contributed by atoms with Gasteiger partial charge in [-0.05, 0) is 24.1 Å². The number of para-hydroxylation sites is 1. The molecule has 0 aliphatic rings. The number of anilines is 1. The number of aliphatic hydroxyl groups is 1. The van der Waals surface area contributed by atoms with Crippen molar-refractivity contribution in [1.29, 1.82) is 5.26 Å². The lowest BCUT2D eigenvalue weighted by Crippen LogP contribution is -2.26. The highest BCUT2D eigenvalue weighted by Crippen LogP contribution is 2.24. The number of aromatic amines is 1. The van der Waals surface area contributed by atoms with Crippen molar-refractivity contribution in [2.24, 2.45) is 0 Å². The highest BCUT2D eigenvalue weighted by atomic mass is 16.6. The van der Waals surface area contributed by atoms with Crippen LogP contribution in [0.3, 0.4) is 0 Å². The number of nitro benzene ring substituents is 1. The van der Waals surface area contributed by atoms with Gasteiger partial charge >= 0.3 is 0 Å². The molecule has 0 aliphatic carbocycles. The number of nitriles is 1. The second-order valence-electron chi connectivity index (χ2n) is 5.69. The summed E-state index contributed by atoms with van der Waals surface area (Å²) in [6, 6.07) is 13.6. The number of aliphatic hydroxyl groups excluding tert-OH is 1. The molecule has 0 fully saturated rings. The Labute approximate surface area is 143 Å². The Kier molecular flexibility index (Phi) is 4.64. The zero-order valence-corrected chi connectivity index (χ0v) is 13.3. The lowest BCUT2D eigenvalue weighted by atomic mass is 10.0. The maximum absolute atomic E-state index is 10.8. The van der Waals surface area contributed by atoms with E-state index in [0.29, 0.717) is 12.1 Å². The molecule has 7 nitrogen and oxygen atoms in total. The fourth-order valence-corrected chi connectivity index (χ4v) is 2.81. The highest BCUT2D eigenvalue weighted by molar-refractivity contribution is 5.83. The van der Waals surface area contributed by atoms with Gasteiger partial charge in [0.25, 0.3) is 5.69 Å². The van der Waals surface area contributed by atoms with Gasteiger partial charge in [-0.25, -0.2) is 0 Å². The average molecular weight is 336 g/mol. The number of H-pyrrole nitrogens is 1. The fraction of sp³-hybridized carbons (Fsp3) is 0.167. The van der Waals surface area contributed by atoms with E-state index >= 15 is 0 Å². The van der Waals surface area contributed by atoms with Crippen LogP contribution in [0.2, 0.25) is 0 Å². The number of non-ortho nitro benzene ring substituents is 1. The molecule has 0 unspecified atom stereocenters. The first-order chi connectivity index (χ1) is 12.1. The molecule has 0 amide bonds. The number of hydrogen-bond acceptors (Lipinski definition) is 5. The van der Waals surface area contributed by atoms with Crippen LogP contribution in [-0.4, -0.2) is 27.7 Å². The third kappa shape index (κ3) is 3.44. The van der Waals surface area contributed by atoms with Gasteiger partial charge in [-0.15, -0.1) is 0 Å². The molecule has 0 bridgehead atoms. The molecule has 2 aromatic carbocycles. The molecule has 0 spiro atoms. The number of nitro groups is 1. The van der Waals surface area contributed by atoms with Crippen molar-refractivity contribution in [2.75, 3.05) is 11.9 Å². The Hall–Kier alpha value is -3.37. The number of benzene rings is 2. The summed E-state index contributed by atoms with van der Waals surface area (Å²) in [5, 5.41) is 33.9. The van der Waals surface area contributed by atoms with Crippen LogP contribution >= 0.6 is 0 Å². The van der Waals surface area contributed by atoms with E-state index in [-0.39, 0.29) is 23.9 Å². The molecular formula is C18H16N4O3. The van der Waals surface area contributed by atoms with Crippen molar-refractivity contribution in [3.63, 3.8) is 0 Å². The maximum Gasteiger partial charge on any atom is 0.270 e. The van der Waals surface area contributed by atoms with Gasteiger partial charge in [0.15, 0.2) is 0 Å². The molecule has 25 heavy (non-hydrogen) atoms. The number of fused-ring (bicyclic) bond motifs is 1. The third-order valence-electron chi connectivity index (χ3n) is 4.06. The van der Waals surface area contributed by atoms with Crippen LogP contribution in [0, 0.1) is 21.4 Å². The Morgan fingerprint density at radius 3 is 2.84 bits per heavy atom. The van der Waals surface area contributed by atoms with Crippen molar-refractivity contribution < 1.29 is 10.0 Å². The Morgan fingerprint density at radius 2 is 2.12 bits per heavy atom. The number of aromatic nitrogens is 1. The number of nitrogens with zero attached hydrogens (tertiary/aromatic N) is 2. The van der Waals surface area contributed by atoms with Gasteiger partial charge in [-0.2, -0.15) is 5.26 Å². The summed E-state index contributed by atoms with van der Waals surface area (Å²) in [6.07, 6.45) is 2.44. The van der Waals surface area contributed by atoms with Crippen molar-refractivity contribution in [3.8, 4) is 6.07 Å². The molecule has 3 aromatic rings. The quantitative estimate of drug-likeness (QED) is 0.473. The van der Waals surface area contributed by atoms with E-state index in [9.17, 15) is 20.5 Å².